The maximum absolute atomic E-state index is 13.2. The third-order valence-electron chi connectivity index (χ3n) is 4.54. The number of aromatic amines is 1. The highest BCUT2D eigenvalue weighted by molar-refractivity contribution is 7.10. The second kappa shape index (κ2) is 6.98. The number of aromatic nitrogens is 1. The summed E-state index contributed by atoms with van der Waals surface area (Å²) in [5, 5.41) is 3.61. The molecule has 1 N–H and O–H groups in total. The zero-order valence-electron chi connectivity index (χ0n) is 14.1. The quantitative estimate of drug-likeness (QED) is 0.481. The summed E-state index contributed by atoms with van der Waals surface area (Å²) in [5.41, 5.74) is 2.65. The third kappa shape index (κ3) is 2.91. The smallest absolute Gasteiger partial charge is 0.255 e. The van der Waals surface area contributed by atoms with Crippen LogP contribution in [0.15, 0.2) is 72.2 Å². The van der Waals surface area contributed by atoms with Gasteiger partial charge in [-0.3, -0.25) is 4.79 Å². The Labute approximate surface area is 160 Å². The first kappa shape index (κ1) is 16.9. The van der Waals surface area contributed by atoms with Gasteiger partial charge in [0.05, 0.1) is 16.6 Å². The Morgan fingerprint density at radius 3 is 2.62 bits per heavy atom. The average Bonchev–Trinajstić information content (AvgIpc) is 3.33. The van der Waals surface area contributed by atoms with Crippen molar-refractivity contribution in [3.63, 3.8) is 0 Å². The number of carbonyl (C=O) groups excluding carboxylic acids is 1. The van der Waals surface area contributed by atoms with Crippen LogP contribution in [0.5, 0.6) is 0 Å². The molecule has 2 aromatic heterocycles. The van der Waals surface area contributed by atoms with Crippen molar-refractivity contribution in [2.45, 2.75) is 6.04 Å². The fourth-order valence-corrected chi connectivity index (χ4v) is 4.36. The van der Waals surface area contributed by atoms with E-state index in [1.54, 1.807) is 28.4 Å². The van der Waals surface area contributed by atoms with E-state index in [0.717, 1.165) is 21.3 Å². The summed E-state index contributed by atoms with van der Waals surface area (Å²) in [4.78, 5) is 19.4. The normalized spacial score (nSPS) is 12.2. The Hall–Kier alpha value is -2.56. The Balaban J connectivity index is 1.82. The van der Waals surface area contributed by atoms with Crippen molar-refractivity contribution in [2.24, 2.45) is 0 Å². The van der Waals surface area contributed by atoms with Crippen LogP contribution in [0.2, 0.25) is 5.02 Å². The van der Waals surface area contributed by atoms with E-state index in [9.17, 15) is 4.79 Å². The zero-order chi connectivity index (χ0) is 18.1. The van der Waals surface area contributed by atoms with Gasteiger partial charge in [0.2, 0.25) is 0 Å². The molecule has 5 heteroatoms. The highest BCUT2D eigenvalue weighted by atomic mass is 35.5. The fourth-order valence-electron chi connectivity index (χ4n) is 3.26. The van der Waals surface area contributed by atoms with Gasteiger partial charge >= 0.3 is 0 Å². The molecule has 0 fully saturated rings. The van der Waals surface area contributed by atoms with Gasteiger partial charge in [-0.25, -0.2) is 0 Å². The lowest BCUT2D eigenvalue weighted by molar-refractivity contribution is 0.0758. The number of nitrogens with zero attached hydrogens (tertiary/aromatic N) is 1. The van der Waals surface area contributed by atoms with E-state index in [2.05, 4.69) is 17.1 Å². The summed E-state index contributed by atoms with van der Waals surface area (Å²) in [6.07, 6.45) is 1.99. The number of amides is 1. The van der Waals surface area contributed by atoms with Gasteiger partial charge in [-0.1, -0.05) is 48.0 Å². The summed E-state index contributed by atoms with van der Waals surface area (Å²) in [7, 11) is 1.83. The van der Waals surface area contributed by atoms with Crippen LogP contribution >= 0.6 is 22.9 Å². The van der Waals surface area contributed by atoms with Gasteiger partial charge in [-0.15, -0.1) is 11.3 Å². The summed E-state index contributed by atoms with van der Waals surface area (Å²) in [6.45, 7) is 0. The predicted molar refractivity (Wildman–Crippen MR) is 108 cm³/mol. The molecule has 0 unspecified atom stereocenters. The van der Waals surface area contributed by atoms with Gasteiger partial charge < -0.3 is 9.88 Å². The molecule has 0 bridgehead atoms. The molecule has 2 heterocycles. The highest BCUT2D eigenvalue weighted by Crippen LogP contribution is 2.36. The van der Waals surface area contributed by atoms with E-state index >= 15 is 0 Å². The van der Waals surface area contributed by atoms with Gasteiger partial charge in [-0.05, 0) is 29.6 Å². The molecule has 0 spiro atoms. The van der Waals surface area contributed by atoms with Gasteiger partial charge in [0.25, 0.3) is 5.91 Å². The number of hydrogen-bond acceptors (Lipinski definition) is 2. The van der Waals surface area contributed by atoms with Gasteiger partial charge in [0.15, 0.2) is 0 Å². The number of halogens is 1. The summed E-state index contributed by atoms with van der Waals surface area (Å²) >= 11 is 7.90. The molecule has 0 aliphatic rings. The minimum Gasteiger partial charge on any atom is -0.361 e. The number of H-pyrrole nitrogens is 1. The monoisotopic (exact) mass is 380 g/mol. The Bertz CT molecular complexity index is 1050. The molecule has 1 atom stereocenters. The minimum atomic E-state index is -0.185. The number of hydrogen-bond donors (Lipinski definition) is 1. The van der Waals surface area contributed by atoms with Gasteiger partial charge in [0, 0.05) is 34.6 Å². The largest absolute Gasteiger partial charge is 0.361 e. The first-order chi connectivity index (χ1) is 12.7. The highest BCUT2D eigenvalue weighted by Gasteiger charge is 2.28. The molecular formula is C21H17ClN2OS. The van der Waals surface area contributed by atoms with Crippen molar-refractivity contribution in [3.8, 4) is 0 Å². The van der Waals surface area contributed by atoms with Crippen LogP contribution in [-0.4, -0.2) is 22.8 Å². The van der Waals surface area contributed by atoms with Crippen LogP contribution in [0, 0.1) is 0 Å². The van der Waals surface area contributed by atoms with Crippen molar-refractivity contribution in [1.29, 1.82) is 0 Å². The van der Waals surface area contributed by atoms with E-state index in [4.69, 9.17) is 11.6 Å². The molecule has 0 saturated carbocycles. The molecule has 3 nitrogen and oxygen atoms in total. The lowest BCUT2D eigenvalue weighted by Crippen LogP contribution is -2.31. The Morgan fingerprint density at radius 2 is 1.85 bits per heavy atom. The second-order valence-electron chi connectivity index (χ2n) is 6.10. The maximum Gasteiger partial charge on any atom is 0.255 e. The fraction of sp³-hybridized carbons (Fsp3) is 0.0952. The van der Waals surface area contributed by atoms with Crippen LogP contribution in [0.3, 0.4) is 0 Å². The Morgan fingerprint density at radius 1 is 1.08 bits per heavy atom. The predicted octanol–water partition coefficient (Wildman–Crippen LogP) is 5.74. The van der Waals surface area contributed by atoms with E-state index in [1.807, 2.05) is 55.0 Å². The number of nitrogens with one attached hydrogen (secondary N) is 1. The summed E-state index contributed by atoms with van der Waals surface area (Å²) < 4.78 is 0. The van der Waals surface area contributed by atoms with Crippen LogP contribution < -0.4 is 0 Å². The number of thiophene rings is 1. The maximum atomic E-state index is 13.2. The van der Waals surface area contributed by atoms with Crippen LogP contribution in [0.25, 0.3) is 10.9 Å². The molecule has 0 saturated heterocycles. The molecule has 4 aromatic rings. The van der Waals surface area contributed by atoms with E-state index in [0.29, 0.717) is 10.6 Å². The third-order valence-corrected chi connectivity index (χ3v) is 5.79. The van der Waals surface area contributed by atoms with Gasteiger partial charge in [0.1, 0.15) is 0 Å². The number of para-hydroxylation sites is 1. The summed E-state index contributed by atoms with van der Waals surface area (Å²) in [5.74, 6) is -0.0979. The average molecular weight is 381 g/mol. The van der Waals surface area contributed by atoms with Crippen molar-refractivity contribution >= 4 is 39.7 Å². The van der Waals surface area contributed by atoms with Crippen molar-refractivity contribution in [1.82, 2.24) is 9.88 Å². The minimum absolute atomic E-state index is 0.0979. The molecular weight excluding hydrogens is 364 g/mol. The Kier molecular flexibility index (Phi) is 4.53. The van der Waals surface area contributed by atoms with Crippen molar-refractivity contribution in [3.05, 3.63) is 93.3 Å². The first-order valence-corrected chi connectivity index (χ1v) is 9.53. The lowest BCUT2D eigenvalue weighted by atomic mass is 10.0. The van der Waals surface area contributed by atoms with E-state index in [-0.39, 0.29) is 11.9 Å². The van der Waals surface area contributed by atoms with E-state index < -0.39 is 0 Å². The molecule has 2 aromatic carbocycles. The number of carbonyl (C=O) groups is 1. The topological polar surface area (TPSA) is 36.1 Å². The first-order valence-electron chi connectivity index (χ1n) is 8.28. The lowest BCUT2D eigenvalue weighted by Gasteiger charge is -2.28. The van der Waals surface area contributed by atoms with Gasteiger partial charge in [-0.2, -0.15) is 0 Å². The molecule has 0 aliphatic carbocycles. The molecule has 130 valence electrons. The molecule has 26 heavy (non-hydrogen) atoms. The van der Waals surface area contributed by atoms with Crippen molar-refractivity contribution in [2.75, 3.05) is 7.05 Å². The molecule has 4 rings (SSSR count). The van der Waals surface area contributed by atoms with Crippen molar-refractivity contribution < 1.29 is 4.79 Å². The number of benzene rings is 2. The SMILES string of the molecule is CN(C(=O)c1ccccc1Cl)[C@H](c1cccs1)c1c[nH]c2ccccc12. The van der Waals surface area contributed by atoms with E-state index in [1.165, 1.54) is 0 Å². The van der Waals surface area contributed by atoms with Crippen LogP contribution in [0.1, 0.15) is 26.8 Å². The molecule has 1 amide bonds. The zero-order valence-corrected chi connectivity index (χ0v) is 15.7. The molecule has 0 radical (unpaired) electrons. The molecule has 0 aliphatic heterocycles. The number of rotatable bonds is 4. The standard InChI is InChI=1S/C21H17ClN2OS/c1-24(21(25)15-8-2-4-9-17(15)22)20(19-11-6-12-26-19)16-13-23-18-10-5-3-7-14(16)18/h2-13,20,23H,1H3/t20-/m0/s1. The second-order valence-corrected chi connectivity index (χ2v) is 7.49. The number of fused-ring (bicyclic) bond motifs is 1. The summed E-state index contributed by atoms with van der Waals surface area (Å²) in [6, 6.07) is 19.2. The van der Waals surface area contributed by atoms with Crippen LogP contribution in [0.4, 0.5) is 0 Å². The van der Waals surface area contributed by atoms with Crippen LogP contribution in [-0.2, 0) is 0 Å².